The molecule has 0 aliphatic carbocycles. The smallest absolute Gasteiger partial charge is 0.411 e. The quantitative estimate of drug-likeness (QED) is 0.263. The van der Waals surface area contributed by atoms with Gasteiger partial charge in [0.15, 0.2) is 0 Å². The number of ether oxygens (including phenoxy) is 2. The second kappa shape index (κ2) is 13.7. The fraction of sp³-hybridized carbons (Fsp3) is 0.290. The Hall–Kier alpha value is -2.95. The predicted molar refractivity (Wildman–Crippen MR) is 154 cm³/mol. The summed E-state index contributed by atoms with van der Waals surface area (Å²) in [5, 5.41) is 4.28. The normalized spacial score (nSPS) is 15.0. The fourth-order valence-corrected chi connectivity index (χ4v) is 7.48. The van der Waals surface area contributed by atoms with Crippen molar-refractivity contribution in [1.29, 1.82) is 0 Å². The maximum Gasteiger partial charge on any atom is 0.411 e. The largest absolute Gasteiger partial charge is 1.00 e. The molecule has 5 nitrogen and oxygen atoms in total. The lowest BCUT2D eigenvalue weighted by Gasteiger charge is -2.27. The van der Waals surface area contributed by atoms with E-state index in [0.29, 0.717) is 13.0 Å². The molecular weight excluding hydrogens is 561 g/mol. The third-order valence-corrected chi connectivity index (χ3v) is 10.2. The molecule has 1 fully saturated rings. The molecule has 202 valence electrons. The van der Waals surface area contributed by atoms with Gasteiger partial charge in [0.1, 0.15) is 34.8 Å². The molecular formula is C31H37BrNO4P. The minimum absolute atomic E-state index is 0. The number of carbonyl (C=O) groups excluding carboxylic acids is 2. The lowest BCUT2D eigenvalue weighted by molar-refractivity contribution is -0.145. The molecule has 1 saturated heterocycles. The number of amides is 1. The molecule has 0 radical (unpaired) electrons. The molecule has 1 heterocycles. The van der Waals surface area contributed by atoms with Crippen LogP contribution in [0.1, 0.15) is 27.2 Å². The van der Waals surface area contributed by atoms with Crippen LogP contribution in [0.3, 0.4) is 0 Å². The summed E-state index contributed by atoms with van der Waals surface area (Å²) < 4.78 is 9.90. The highest BCUT2D eigenvalue weighted by Gasteiger charge is 2.40. The van der Waals surface area contributed by atoms with E-state index in [2.05, 4.69) is 109 Å². The maximum atomic E-state index is 11.9. The molecule has 3 aromatic carbocycles. The molecule has 0 spiro atoms. The van der Waals surface area contributed by atoms with Crippen LogP contribution in [0, 0.1) is 0 Å². The van der Waals surface area contributed by atoms with Crippen LogP contribution in [-0.4, -0.2) is 48.9 Å². The number of rotatable bonds is 4. The van der Waals surface area contributed by atoms with Gasteiger partial charge in [-0.1, -0.05) is 66.7 Å². The van der Waals surface area contributed by atoms with Crippen LogP contribution < -0.4 is 32.9 Å². The van der Waals surface area contributed by atoms with Crippen LogP contribution in [0.25, 0.3) is 0 Å². The molecule has 0 saturated carbocycles. The Labute approximate surface area is 238 Å². The Morgan fingerprint density at radius 3 is 1.58 bits per heavy atom. The standard InChI is InChI=1S/C19H18P.C12H19NO4.BrH/c1-20(17-11-5-2-6-12-17,18-13-7-3-8-14-18)19-15-9-4-10-16-19;1-8-6-9(10(14)16-5)13(7-8)11(15)17-12(2,3)4;/h2-16H,1H3;9H,1,6-7H2,2-5H3;1H/q+1;;/p-1/t;9-;/m.0./s1. The third-order valence-electron chi connectivity index (χ3n) is 6.17. The number of hydrogen-bond acceptors (Lipinski definition) is 4. The fourth-order valence-electron chi connectivity index (χ4n) is 4.28. The van der Waals surface area contributed by atoms with Crippen LogP contribution in [0.15, 0.2) is 103 Å². The van der Waals surface area contributed by atoms with Crippen molar-refractivity contribution >= 4 is 35.2 Å². The SMILES string of the molecule is C=C1C[C@@H](C(=O)OC)N(C(=O)OC(C)(C)C)C1.C[P+](c1ccccc1)(c1ccccc1)c1ccccc1.[Br-]. The molecule has 0 N–H and O–H groups in total. The molecule has 38 heavy (non-hydrogen) atoms. The molecule has 0 aromatic heterocycles. The number of benzene rings is 3. The minimum Gasteiger partial charge on any atom is -1.00 e. The summed E-state index contributed by atoms with van der Waals surface area (Å²) in [7, 11) is -0.224. The van der Waals surface area contributed by atoms with E-state index >= 15 is 0 Å². The van der Waals surface area contributed by atoms with Gasteiger partial charge >= 0.3 is 12.1 Å². The first-order chi connectivity index (χ1) is 17.6. The van der Waals surface area contributed by atoms with Crippen molar-refractivity contribution in [2.45, 2.75) is 38.8 Å². The van der Waals surface area contributed by atoms with Crippen molar-refractivity contribution < 1.29 is 36.0 Å². The summed E-state index contributed by atoms with van der Waals surface area (Å²) >= 11 is 0. The highest BCUT2D eigenvalue weighted by Crippen LogP contribution is 2.51. The summed E-state index contributed by atoms with van der Waals surface area (Å²) in [4.78, 5) is 24.8. The Morgan fingerprint density at radius 1 is 0.842 bits per heavy atom. The Kier molecular flexibility index (Phi) is 11.3. The van der Waals surface area contributed by atoms with Crippen molar-refractivity contribution in [1.82, 2.24) is 4.90 Å². The van der Waals surface area contributed by atoms with Crippen molar-refractivity contribution in [3.8, 4) is 0 Å². The summed E-state index contributed by atoms with van der Waals surface area (Å²) in [6.45, 7) is 11.9. The second-order valence-corrected chi connectivity index (χ2v) is 13.7. The van der Waals surface area contributed by atoms with E-state index in [9.17, 15) is 9.59 Å². The average molecular weight is 599 g/mol. The number of halogens is 1. The van der Waals surface area contributed by atoms with Gasteiger partial charge in [0.2, 0.25) is 0 Å². The summed E-state index contributed by atoms with van der Waals surface area (Å²) in [6, 6.07) is 32.0. The first kappa shape index (κ1) is 31.3. The highest BCUT2D eigenvalue weighted by molar-refractivity contribution is 7.95. The van der Waals surface area contributed by atoms with E-state index in [4.69, 9.17) is 4.74 Å². The lowest BCUT2D eigenvalue weighted by Crippen LogP contribution is -3.00. The lowest BCUT2D eigenvalue weighted by atomic mass is 10.2. The zero-order valence-corrected chi connectivity index (χ0v) is 25.2. The second-order valence-electron chi connectivity index (χ2n) is 10.1. The van der Waals surface area contributed by atoms with E-state index in [0.717, 1.165) is 5.57 Å². The Bertz CT molecular complexity index is 1100. The highest BCUT2D eigenvalue weighted by atomic mass is 79.9. The minimum atomic E-state index is -1.53. The molecule has 0 unspecified atom stereocenters. The monoisotopic (exact) mass is 597 g/mol. The zero-order valence-electron chi connectivity index (χ0n) is 22.8. The van der Waals surface area contributed by atoms with E-state index < -0.39 is 31.0 Å². The Balaban J connectivity index is 0.000000264. The molecule has 1 aliphatic heterocycles. The zero-order chi connectivity index (χ0) is 27.1. The van der Waals surface area contributed by atoms with Gasteiger partial charge in [-0.05, 0) is 57.2 Å². The van der Waals surface area contributed by atoms with Crippen molar-refractivity contribution in [2.75, 3.05) is 20.3 Å². The van der Waals surface area contributed by atoms with Gasteiger partial charge in [0.25, 0.3) is 0 Å². The van der Waals surface area contributed by atoms with Gasteiger partial charge in [0.05, 0.1) is 13.8 Å². The van der Waals surface area contributed by atoms with Gasteiger partial charge in [0, 0.05) is 13.0 Å². The van der Waals surface area contributed by atoms with E-state index in [-0.39, 0.29) is 17.0 Å². The van der Waals surface area contributed by atoms with E-state index in [1.807, 2.05) is 0 Å². The van der Waals surface area contributed by atoms with Gasteiger partial charge < -0.3 is 26.5 Å². The number of nitrogens with zero attached hydrogens (tertiary/aromatic N) is 1. The summed E-state index contributed by atoms with van der Waals surface area (Å²) in [6.07, 6.45) is -0.0714. The number of esters is 1. The first-order valence-electron chi connectivity index (χ1n) is 12.3. The van der Waals surface area contributed by atoms with E-state index in [1.165, 1.54) is 27.9 Å². The average Bonchev–Trinajstić information content (AvgIpc) is 3.30. The third kappa shape index (κ3) is 7.78. The van der Waals surface area contributed by atoms with Crippen LogP contribution >= 0.6 is 7.26 Å². The van der Waals surface area contributed by atoms with Crippen molar-refractivity contribution in [3.05, 3.63) is 103 Å². The van der Waals surface area contributed by atoms with Crippen LogP contribution in [-0.2, 0) is 14.3 Å². The number of likely N-dealkylation sites (tertiary alicyclic amines) is 1. The van der Waals surface area contributed by atoms with Crippen LogP contribution in [0.5, 0.6) is 0 Å². The summed E-state index contributed by atoms with van der Waals surface area (Å²) in [5.41, 5.74) is 0.244. The van der Waals surface area contributed by atoms with E-state index in [1.54, 1.807) is 20.8 Å². The van der Waals surface area contributed by atoms with Gasteiger partial charge in [-0.3, -0.25) is 4.90 Å². The van der Waals surface area contributed by atoms with Crippen molar-refractivity contribution in [3.63, 3.8) is 0 Å². The molecule has 1 amide bonds. The molecule has 7 heteroatoms. The number of hydrogen-bond donors (Lipinski definition) is 0. The molecule has 4 rings (SSSR count). The molecule has 3 aromatic rings. The predicted octanol–water partition coefficient (Wildman–Crippen LogP) is 2.34. The number of carbonyl (C=O) groups is 2. The van der Waals surface area contributed by atoms with Crippen LogP contribution in [0.4, 0.5) is 4.79 Å². The van der Waals surface area contributed by atoms with Crippen LogP contribution in [0.2, 0.25) is 0 Å². The molecule has 0 bridgehead atoms. The van der Waals surface area contributed by atoms with Gasteiger partial charge in [-0.25, -0.2) is 9.59 Å². The summed E-state index contributed by atoms with van der Waals surface area (Å²) in [5.74, 6) is -0.436. The maximum absolute atomic E-state index is 11.9. The van der Waals surface area contributed by atoms with Gasteiger partial charge in [-0.2, -0.15) is 0 Å². The topological polar surface area (TPSA) is 55.8 Å². The first-order valence-corrected chi connectivity index (χ1v) is 14.6. The molecule has 1 atom stereocenters. The Morgan fingerprint density at radius 2 is 1.24 bits per heavy atom. The molecule has 1 aliphatic rings. The number of methoxy groups -OCH3 is 1. The van der Waals surface area contributed by atoms with Crippen molar-refractivity contribution in [2.24, 2.45) is 0 Å². The van der Waals surface area contributed by atoms with Gasteiger partial charge in [-0.15, -0.1) is 0 Å².